The Morgan fingerprint density at radius 2 is 2.00 bits per heavy atom. The second-order valence-electron chi connectivity index (χ2n) is 2.54. The van der Waals surface area contributed by atoms with Crippen molar-refractivity contribution in [3.05, 3.63) is 47.4 Å². The molecule has 0 bridgehead atoms. The average Bonchev–Trinajstić information content (AvgIpc) is 2.27. The molecule has 1 aliphatic rings. The van der Waals surface area contributed by atoms with E-state index in [2.05, 4.69) is 37.6 Å². The molecule has 0 fully saturated rings. The molecule has 2 rings (SSSR count). The summed E-state index contributed by atoms with van der Waals surface area (Å²) in [6, 6.07) is 8.29. The van der Waals surface area contributed by atoms with Gasteiger partial charge in [0.15, 0.2) is 0 Å². The zero-order chi connectivity index (χ0) is 6.97. The minimum atomic E-state index is 1.22. The van der Waals surface area contributed by atoms with E-state index in [4.69, 9.17) is 0 Å². The maximum Gasteiger partial charge on any atom is 0.0461 e. The third kappa shape index (κ3) is 0.766. The molecule has 0 saturated carbocycles. The molecule has 0 heterocycles. The molecular weight excluding hydrogens is 120 g/mol. The van der Waals surface area contributed by atoms with Crippen molar-refractivity contribution in [3.63, 3.8) is 0 Å². The summed E-state index contributed by atoms with van der Waals surface area (Å²) in [5.41, 5.74) is 3.74. The highest BCUT2D eigenvalue weighted by Crippen LogP contribution is 2.25. The molecule has 2 radical (unpaired) electrons. The van der Waals surface area contributed by atoms with Crippen LogP contribution >= 0.6 is 0 Å². The highest BCUT2D eigenvalue weighted by molar-refractivity contribution is 5.68. The van der Waals surface area contributed by atoms with Gasteiger partial charge in [-0.05, 0) is 18.1 Å². The van der Waals surface area contributed by atoms with E-state index in [0.29, 0.717) is 0 Å². The fourth-order valence-corrected chi connectivity index (χ4v) is 1.22. The van der Waals surface area contributed by atoms with Crippen LogP contribution in [0, 0.1) is 6.42 Å². The van der Waals surface area contributed by atoms with Crippen LogP contribution in [0.25, 0.3) is 6.08 Å². The summed E-state index contributed by atoms with van der Waals surface area (Å²) in [6.07, 6.45) is 5.41. The van der Waals surface area contributed by atoms with Crippen LogP contribution in [0.1, 0.15) is 18.1 Å². The summed E-state index contributed by atoms with van der Waals surface area (Å²) in [4.78, 5) is 0. The van der Waals surface area contributed by atoms with E-state index in [-0.39, 0.29) is 0 Å². The number of rotatable bonds is 0. The molecular formula is C10H8. The highest BCUT2D eigenvalue weighted by atomic mass is 14.1. The number of fused-ring (bicyclic) bond motifs is 1. The van der Waals surface area contributed by atoms with E-state index in [0.717, 1.165) is 0 Å². The first-order valence-electron chi connectivity index (χ1n) is 3.40. The van der Waals surface area contributed by atoms with Crippen molar-refractivity contribution in [1.29, 1.82) is 0 Å². The molecule has 0 unspecified atom stereocenters. The fourth-order valence-electron chi connectivity index (χ4n) is 1.22. The maximum atomic E-state index is 3.26. The van der Waals surface area contributed by atoms with E-state index in [9.17, 15) is 0 Å². The summed E-state index contributed by atoms with van der Waals surface area (Å²) in [7, 11) is 0. The van der Waals surface area contributed by atoms with Gasteiger partial charge in [0.05, 0.1) is 0 Å². The van der Waals surface area contributed by atoms with Crippen LogP contribution in [0.2, 0.25) is 0 Å². The Balaban J connectivity index is 2.54. The van der Waals surface area contributed by atoms with E-state index >= 15 is 0 Å². The van der Waals surface area contributed by atoms with Crippen LogP contribution in [-0.2, 0) is 0 Å². The molecule has 0 amide bonds. The van der Waals surface area contributed by atoms with Crippen LogP contribution in [0.3, 0.4) is 0 Å². The zero-order valence-electron chi connectivity index (χ0n) is 5.89. The number of benzene rings is 1. The van der Waals surface area contributed by atoms with Gasteiger partial charge >= 0.3 is 0 Å². The predicted octanol–water partition coefficient (Wildman–Crippen LogP) is 2.53. The molecule has 0 atom stereocenters. The van der Waals surface area contributed by atoms with E-state index in [1.54, 1.807) is 0 Å². The molecule has 0 nitrogen and oxygen atoms in total. The highest BCUT2D eigenvalue weighted by Gasteiger charge is 2.07. The lowest BCUT2D eigenvalue weighted by Gasteiger charge is -1.92. The Hall–Kier alpha value is -1.04. The summed E-state index contributed by atoms with van der Waals surface area (Å²) in [6.45, 7) is 2.07. The standard InChI is InChI=1S/C10H8/c1-8-6-9-4-2-3-5-10(9)7-8/h2-6H,1H3. The van der Waals surface area contributed by atoms with Crippen LogP contribution in [0.5, 0.6) is 0 Å². The van der Waals surface area contributed by atoms with Gasteiger partial charge in [0.25, 0.3) is 0 Å². The Morgan fingerprint density at radius 1 is 1.20 bits per heavy atom. The predicted molar refractivity (Wildman–Crippen MR) is 42.4 cm³/mol. The minimum absolute atomic E-state index is 1.22. The van der Waals surface area contributed by atoms with Crippen LogP contribution in [0.4, 0.5) is 0 Å². The Bertz CT molecular complexity index is 282. The molecule has 0 heteroatoms. The first kappa shape index (κ1) is 5.72. The lowest BCUT2D eigenvalue weighted by Crippen LogP contribution is -1.76. The third-order valence-electron chi connectivity index (χ3n) is 1.66. The lowest BCUT2D eigenvalue weighted by atomic mass is 10.1. The van der Waals surface area contributed by atoms with Crippen molar-refractivity contribution in [2.24, 2.45) is 0 Å². The summed E-state index contributed by atoms with van der Waals surface area (Å²) in [5, 5.41) is 0. The van der Waals surface area contributed by atoms with Gasteiger partial charge in [-0.25, -0.2) is 0 Å². The van der Waals surface area contributed by atoms with Crippen molar-refractivity contribution in [2.45, 2.75) is 6.92 Å². The van der Waals surface area contributed by atoms with Gasteiger partial charge in [-0.3, -0.25) is 0 Å². The first-order chi connectivity index (χ1) is 4.86. The van der Waals surface area contributed by atoms with Crippen molar-refractivity contribution >= 4 is 6.08 Å². The van der Waals surface area contributed by atoms with Gasteiger partial charge in [-0.1, -0.05) is 35.9 Å². The number of hydrogen-bond acceptors (Lipinski definition) is 0. The monoisotopic (exact) mass is 128 g/mol. The topological polar surface area (TPSA) is 0 Å². The molecule has 0 saturated heterocycles. The third-order valence-corrected chi connectivity index (χ3v) is 1.66. The summed E-state index contributed by atoms with van der Waals surface area (Å²) < 4.78 is 0. The van der Waals surface area contributed by atoms with Crippen molar-refractivity contribution in [2.75, 3.05) is 0 Å². The molecule has 1 aromatic carbocycles. The summed E-state index contributed by atoms with van der Waals surface area (Å²) >= 11 is 0. The smallest absolute Gasteiger partial charge is 0.0461 e. The zero-order valence-corrected chi connectivity index (χ0v) is 5.89. The SMILES string of the molecule is CC1=Cc2ccccc2[C]1. The molecule has 48 valence electrons. The Kier molecular flexibility index (Phi) is 1.13. The molecule has 1 aliphatic carbocycles. The van der Waals surface area contributed by atoms with E-state index in [1.165, 1.54) is 16.7 Å². The fraction of sp³-hybridized carbons (Fsp3) is 0.100. The maximum absolute atomic E-state index is 3.26. The second kappa shape index (κ2) is 1.98. The van der Waals surface area contributed by atoms with Gasteiger partial charge in [-0.15, -0.1) is 0 Å². The summed E-state index contributed by atoms with van der Waals surface area (Å²) in [5.74, 6) is 0. The van der Waals surface area contributed by atoms with E-state index < -0.39 is 0 Å². The molecule has 0 aliphatic heterocycles. The van der Waals surface area contributed by atoms with E-state index in [1.807, 2.05) is 6.07 Å². The minimum Gasteiger partial charge on any atom is -0.0619 e. The molecule has 0 N–H and O–H groups in total. The lowest BCUT2D eigenvalue weighted by molar-refractivity contribution is 1.45. The number of hydrogen-bond donors (Lipinski definition) is 0. The molecule has 0 spiro atoms. The normalized spacial score (nSPS) is 14.7. The molecule has 1 aromatic rings. The van der Waals surface area contributed by atoms with Crippen LogP contribution in [0.15, 0.2) is 29.8 Å². The van der Waals surface area contributed by atoms with Gasteiger partial charge in [0.2, 0.25) is 0 Å². The van der Waals surface area contributed by atoms with Gasteiger partial charge in [0, 0.05) is 6.42 Å². The quantitative estimate of drug-likeness (QED) is 0.503. The largest absolute Gasteiger partial charge is 0.0619 e. The first-order valence-corrected chi connectivity index (χ1v) is 3.40. The van der Waals surface area contributed by atoms with Crippen LogP contribution < -0.4 is 0 Å². The molecule has 0 aromatic heterocycles. The van der Waals surface area contributed by atoms with Crippen molar-refractivity contribution in [3.8, 4) is 0 Å². The average molecular weight is 128 g/mol. The Labute approximate surface area is 61.2 Å². The second-order valence-corrected chi connectivity index (χ2v) is 2.54. The van der Waals surface area contributed by atoms with Crippen molar-refractivity contribution in [1.82, 2.24) is 0 Å². The van der Waals surface area contributed by atoms with Gasteiger partial charge in [-0.2, -0.15) is 0 Å². The van der Waals surface area contributed by atoms with Gasteiger partial charge < -0.3 is 0 Å². The Morgan fingerprint density at radius 3 is 2.80 bits per heavy atom. The van der Waals surface area contributed by atoms with Crippen LogP contribution in [-0.4, -0.2) is 0 Å². The van der Waals surface area contributed by atoms with Crippen molar-refractivity contribution < 1.29 is 0 Å². The van der Waals surface area contributed by atoms with Gasteiger partial charge in [0.1, 0.15) is 0 Å². The molecule has 10 heavy (non-hydrogen) atoms. The number of allylic oxidation sites excluding steroid dienone is 1.